The van der Waals surface area contributed by atoms with E-state index in [0.717, 1.165) is 17.1 Å². The van der Waals surface area contributed by atoms with Gasteiger partial charge in [0.25, 0.3) is 0 Å². The molecule has 2 rings (SSSR count). The van der Waals surface area contributed by atoms with Crippen LogP contribution in [0.1, 0.15) is 25.2 Å². The minimum absolute atomic E-state index is 0.441. The van der Waals surface area contributed by atoms with Gasteiger partial charge in [0.2, 0.25) is 0 Å². The number of aryl methyl sites for hydroxylation is 1. The van der Waals surface area contributed by atoms with Gasteiger partial charge in [0.1, 0.15) is 5.82 Å². The lowest BCUT2D eigenvalue weighted by atomic mass is 10.1. The third-order valence-corrected chi connectivity index (χ3v) is 2.72. The van der Waals surface area contributed by atoms with Gasteiger partial charge in [0.05, 0.1) is 12.2 Å². The number of benzene rings is 1. The minimum Gasteiger partial charge on any atom is -0.308 e. The van der Waals surface area contributed by atoms with Crippen LogP contribution in [0.25, 0.3) is 11.3 Å². The number of hydrogen-bond acceptors (Lipinski definition) is 3. The Morgan fingerprint density at radius 3 is 2.50 bits per heavy atom. The summed E-state index contributed by atoms with van der Waals surface area (Å²) in [6, 6.07) is 10.8. The molecule has 0 aliphatic rings. The van der Waals surface area contributed by atoms with Crippen molar-refractivity contribution in [3.8, 4) is 11.3 Å². The van der Waals surface area contributed by atoms with Gasteiger partial charge in [-0.25, -0.2) is 9.97 Å². The van der Waals surface area contributed by atoms with E-state index in [1.807, 2.05) is 12.3 Å². The summed E-state index contributed by atoms with van der Waals surface area (Å²) in [7, 11) is 0. The maximum atomic E-state index is 4.57. The van der Waals surface area contributed by atoms with Gasteiger partial charge in [0, 0.05) is 17.8 Å². The first kappa shape index (κ1) is 12.7. The van der Waals surface area contributed by atoms with Crippen LogP contribution < -0.4 is 5.32 Å². The van der Waals surface area contributed by atoms with Gasteiger partial charge >= 0.3 is 0 Å². The minimum atomic E-state index is 0.441. The van der Waals surface area contributed by atoms with Crippen molar-refractivity contribution in [3.05, 3.63) is 47.9 Å². The zero-order valence-electron chi connectivity index (χ0n) is 11.1. The molecular formula is C15H19N3. The lowest BCUT2D eigenvalue weighted by Crippen LogP contribution is -2.23. The van der Waals surface area contributed by atoms with Crippen LogP contribution in [0.5, 0.6) is 0 Å². The van der Waals surface area contributed by atoms with E-state index in [-0.39, 0.29) is 0 Å². The summed E-state index contributed by atoms with van der Waals surface area (Å²) in [4.78, 5) is 8.85. The highest BCUT2D eigenvalue weighted by molar-refractivity contribution is 5.58. The molecule has 0 aliphatic carbocycles. The highest BCUT2D eigenvalue weighted by Gasteiger charge is 2.02. The molecule has 3 nitrogen and oxygen atoms in total. The van der Waals surface area contributed by atoms with Crippen molar-refractivity contribution in [1.29, 1.82) is 0 Å². The van der Waals surface area contributed by atoms with Crippen LogP contribution in [0, 0.1) is 6.92 Å². The van der Waals surface area contributed by atoms with Crippen LogP contribution in [0.15, 0.2) is 36.5 Å². The maximum absolute atomic E-state index is 4.57. The first-order valence-electron chi connectivity index (χ1n) is 6.27. The average molecular weight is 241 g/mol. The van der Waals surface area contributed by atoms with Crippen molar-refractivity contribution < 1.29 is 0 Å². The summed E-state index contributed by atoms with van der Waals surface area (Å²) in [5.74, 6) is 0.835. The van der Waals surface area contributed by atoms with Crippen LogP contribution in [0.4, 0.5) is 0 Å². The third kappa shape index (κ3) is 3.37. The average Bonchev–Trinajstić information content (AvgIpc) is 2.37. The monoisotopic (exact) mass is 241 g/mol. The highest BCUT2D eigenvalue weighted by Crippen LogP contribution is 2.16. The van der Waals surface area contributed by atoms with E-state index >= 15 is 0 Å². The van der Waals surface area contributed by atoms with Gasteiger partial charge < -0.3 is 5.32 Å². The van der Waals surface area contributed by atoms with Gasteiger partial charge in [-0.1, -0.05) is 43.7 Å². The lowest BCUT2D eigenvalue weighted by Gasteiger charge is -2.08. The fraction of sp³-hybridized carbons (Fsp3) is 0.333. The fourth-order valence-corrected chi connectivity index (χ4v) is 1.66. The first-order valence-corrected chi connectivity index (χ1v) is 6.27. The molecule has 1 heterocycles. The van der Waals surface area contributed by atoms with Crippen LogP contribution in [0.2, 0.25) is 0 Å². The Hall–Kier alpha value is -1.74. The molecule has 0 bridgehead atoms. The largest absolute Gasteiger partial charge is 0.308 e. The van der Waals surface area contributed by atoms with Crippen LogP contribution in [-0.4, -0.2) is 16.0 Å². The van der Waals surface area contributed by atoms with Gasteiger partial charge in [0.15, 0.2) is 0 Å². The number of nitrogens with zero attached hydrogens (tertiary/aromatic N) is 2. The van der Waals surface area contributed by atoms with E-state index < -0.39 is 0 Å². The zero-order chi connectivity index (χ0) is 13.0. The Morgan fingerprint density at radius 2 is 1.83 bits per heavy atom. The Balaban J connectivity index is 2.18. The SMILES string of the molecule is Cc1ccc(-c2ccnc(CNC(C)C)n2)cc1. The first-order chi connectivity index (χ1) is 8.65. The number of hydrogen-bond donors (Lipinski definition) is 1. The lowest BCUT2D eigenvalue weighted by molar-refractivity contribution is 0.572. The number of aromatic nitrogens is 2. The molecule has 0 saturated heterocycles. The van der Waals surface area contributed by atoms with E-state index in [0.29, 0.717) is 12.6 Å². The molecule has 0 aliphatic heterocycles. The van der Waals surface area contributed by atoms with E-state index in [1.54, 1.807) is 0 Å². The van der Waals surface area contributed by atoms with Gasteiger partial charge in [-0.3, -0.25) is 0 Å². The van der Waals surface area contributed by atoms with Gasteiger partial charge in [-0.15, -0.1) is 0 Å². The third-order valence-electron chi connectivity index (χ3n) is 2.72. The van der Waals surface area contributed by atoms with E-state index in [1.165, 1.54) is 5.56 Å². The molecule has 0 fully saturated rings. The summed E-state index contributed by atoms with van der Waals surface area (Å²) in [5, 5.41) is 3.32. The highest BCUT2D eigenvalue weighted by atomic mass is 15.0. The quantitative estimate of drug-likeness (QED) is 0.894. The van der Waals surface area contributed by atoms with Crippen molar-refractivity contribution in [3.63, 3.8) is 0 Å². The second-order valence-electron chi connectivity index (χ2n) is 4.76. The Kier molecular flexibility index (Phi) is 4.05. The molecule has 0 radical (unpaired) electrons. The van der Waals surface area contributed by atoms with Crippen molar-refractivity contribution in [1.82, 2.24) is 15.3 Å². The van der Waals surface area contributed by atoms with Crippen molar-refractivity contribution in [2.75, 3.05) is 0 Å². The second-order valence-corrected chi connectivity index (χ2v) is 4.76. The van der Waals surface area contributed by atoms with Crippen molar-refractivity contribution in [2.45, 2.75) is 33.4 Å². The summed E-state index contributed by atoms with van der Waals surface area (Å²) >= 11 is 0. The molecule has 0 saturated carbocycles. The molecule has 1 aromatic carbocycles. The van der Waals surface area contributed by atoms with E-state index in [2.05, 4.69) is 60.3 Å². The van der Waals surface area contributed by atoms with Crippen molar-refractivity contribution >= 4 is 0 Å². The maximum Gasteiger partial charge on any atom is 0.142 e. The molecule has 1 N–H and O–H groups in total. The van der Waals surface area contributed by atoms with E-state index in [9.17, 15) is 0 Å². The second kappa shape index (κ2) is 5.74. The smallest absolute Gasteiger partial charge is 0.142 e. The topological polar surface area (TPSA) is 37.8 Å². The molecule has 0 atom stereocenters. The van der Waals surface area contributed by atoms with Crippen LogP contribution in [-0.2, 0) is 6.54 Å². The normalized spacial score (nSPS) is 10.9. The molecule has 1 aromatic heterocycles. The number of rotatable bonds is 4. The summed E-state index contributed by atoms with van der Waals surface area (Å²) in [6.07, 6.45) is 1.82. The predicted octanol–water partition coefficient (Wildman–Crippen LogP) is 2.95. The predicted molar refractivity (Wildman–Crippen MR) is 74.2 cm³/mol. The molecule has 0 unspecified atom stereocenters. The van der Waals surface area contributed by atoms with Crippen LogP contribution in [0.3, 0.4) is 0 Å². The fourth-order valence-electron chi connectivity index (χ4n) is 1.66. The Labute approximate surface area is 108 Å². The molecule has 94 valence electrons. The molecular weight excluding hydrogens is 222 g/mol. The Bertz CT molecular complexity index is 503. The Morgan fingerprint density at radius 1 is 1.11 bits per heavy atom. The standard InChI is InChI=1S/C15H19N3/c1-11(2)17-10-15-16-9-8-14(18-15)13-6-4-12(3)5-7-13/h4-9,11,17H,10H2,1-3H3. The van der Waals surface area contributed by atoms with E-state index in [4.69, 9.17) is 0 Å². The summed E-state index contributed by atoms with van der Waals surface area (Å²) in [5.41, 5.74) is 3.37. The zero-order valence-corrected chi connectivity index (χ0v) is 11.1. The molecule has 0 amide bonds. The number of nitrogens with one attached hydrogen (secondary N) is 1. The molecule has 2 aromatic rings. The molecule has 18 heavy (non-hydrogen) atoms. The van der Waals surface area contributed by atoms with Gasteiger partial charge in [-0.2, -0.15) is 0 Å². The van der Waals surface area contributed by atoms with Gasteiger partial charge in [-0.05, 0) is 13.0 Å². The summed E-state index contributed by atoms with van der Waals surface area (Å²) < 4.78 is 0. The summed E-state index contributed by atoms with van der Waals surface area (Å²) in [6.45, 7) is 7.02. The molecule has 3 heteroatoms. The van der Waals surface area contributed by atoms with Crippen molar-refractivity contribution in [2.24, 2.45) is 0 Å². The molecule has 0 spiro atoms. The van der Waals surface area contributed by atoms with Crippen LogP contribution >= 0.6 is 0 Å².